The molecule has 1 aromatic carbocycles. The van der Waals surface area contributed by atoms with Crippen molar-refractivity contribution in [2.24, 2.45) is 0 Å². The van der Waals surface area contributed by atoms with Gasteiger partial charge in [-0.15, -0.1) is 0 Å². The normalized spacial score (nSPS) is 11.9. The molecule has 0 saturated heterocycles. The summed E-state index contributed by atoms with van der Waals surface area (Å²) in [6.07, 6.45) is -1.53. The van der Waals surface area contributed by atoms with Crippen molar-refractivity contribution < 1.29 is 19.8 Å². The molecule has 0 aromatic heterocycles. The lowest BCUT2D eigenvalue weighted by Gasteiger charge is -2.08. The van der Waals surface area contributed by atoms with Gasteiger partial charge in [0.15, 0.2) is 6.10 Å². The molecule has 0 aliphatic rings. The Labute approximate surface area is 112 Å². The third-order valence-electron chi connectivity index (χ3n) is 2.17. The molecule has 18 heavy (non-hydrogen) atoms. The first kappa shape index (κ1) is 14.5. The van der Waals surface area contributed by atoms with Crippen LogP contribution in [-0.2, 0) is 4.79 Å². The summed E-state index contributed by atoms with van der Waals surface area (Å²) < 4.78 is 0.679. The Bertz CT molecular complexity index is 444. The van der Waals surface area contributed by atoms with E-state index in [0.717, 1.165) is 0 Å². The zero-order valence-electron chi connectivity index (χ0n) is 9.39. The smallest absolute Gasteiger partial charge is 0.332 e. The lowest BCUT2D eigenvalue weighted by atomic mass is 10.2. The fourth-order valence-electron chi connectivity index (χ4n) is 1.29. The molecule has 6 nitrogen and oxygen atoms in total. The van der Waals surface area contributed by atoms with E-state index in [1.54, 1.807) is 12.1 Å². The van der Waals surface area contributed by atoms with E-state index in [2.05, 4.69) is 21.2 Å². The number of aliphatic hydroxyl groups excluding tert-OH is 1. The maximum absolute atomic E-state index is 11.7. The van der Waals surface area contributed by atoms with Crippen molar-refractivity contribution in [1.82, 2.24) is 5.32 Å². The van der Waals surface area contributed by atoms with E-state index in [1.165, 1.54) is 6.07 Å². The molecule has 0 aliphatic carbocycles. The zero-order chi connectivity index (χ0) is 13.7. The quantitative estimate of drug-likeness (QED) is 0.594. The third-order valence-corrected chi connectivity index (χ3v) is 2.63. The van der Waals surface area contributed by atoms with Gasteiger partial charge in [0.25, 0.3) is 5.91 Å². The number of benzene rings is 1. The van der Waals surface area contributed by atoms with Crippen LogP contribution in [0.25, 0.3) is 0 Å². The van der Waals surface area contributed by atoms with Gasteiger partial charge in [-0.05, 0) is 18.2 Å². The fraction of sp³-hybridized carbons (Fsp3) is 0.273. The second-order valence-electron chi connectivity index (χ2n) is 3.67. The molecule has 0 fully saturated rings. The van der Waals surface area contributed by atoms with Gasteiger partial charge in [-0.25, -0.2) is 4.79 Å². The number of anilines is 1. The SMILES string of the molecule is Nc1cc(Br)cc(C(=O)NCC[C@H](O)C(=O)O)c1. The predicted molar refractivity (Wildman–Crippen MR) is 69.1 cm³/mol. The van der Waals surface area contributed by atoms with Crippen LogP contribution in [0, 0.1) is 0 Å². The van der Waals surface area contributed by atoms with Crippen LogP contribution in [-0.4, -0.2) is 34.7 Å². The summed E-state index contributed by atoms with van der Waals surface area (Å²) in [5.74, 6) is -1.68. The summed E-state index contributed by atoms with van der Waals surface area (Å²) in [4.78, 5) is 22.0. The molecule has 1 aromatic rings. The summed E-state index contributed by atoms with van der Waals surface area (Å²) in [5.41, 5.74) is 6.40. The number of carboxylic acid groups (broad SMARTS) is 1. The molecule has 0 unspecified atom stereocenters. The van der Waals surface area contributed by atoms with Gasteiger partial charge in [0, 0.05) is 28.7 Å². The Balaban J connectivity index is 2.53. The monoisotopic (exact) mass is 316 g/mol. The van der Waals surface area contributed by atoms with E-state index < -0.39 is 12.1 Å². The molecule has 7 heteroatoms. The average Bonchev–Trinajstić information content (AvgIpc) is 2.27. The maximum atomic E-state index is 11.7. The van der Waals surface area contributed by atoms with Gasteiger partial charge >= 0.3 is 5.97 Å². The van der Waals surface area contributed by atoms with Gasteiger partial charge in [0.2, 0.25) is 0 Å². The number of carbonyl (C=O) groups is 2. The van der Waals surface area contributed by atoms with Crippen molar-refractivity contribution in [2.45, 2.75) is 12.5 Å². The van der Waals surface area contributed by atoms with Gasteiger partial charge in [-0.2, -0.15) is 0 Å². The van der Waals surface area contributed by atoms with E-state index in [9.17, 15) is 9.59 Å². The number of amides is 1. The van der Waals surface area contributed by atoms with Crippen LogP contribution in [0.4, 0.5) is 5.69 Å². The molecular formula is C11H13BrN2O4. The summed E-state index contributed by atoms with van der Waals surface area (Å²) in [6, 6.07) is 4.76. The summed E-state index contributed by atoms with van der Waals surface area (Å²) in [7, 11) is 0. The standard InChI is InChI=1S/C11H13BrN2O4/c12-7-3-6(4-8(13)5-7)10(16)14-2-1-9(15)11(17)18/h3-5,9,15H,1-2,13H2,(H,14,16)(H,17,18)/t9-/m0/s1. The van der Waals surface area contributed by atoms with E-state index >= 15 is 0 Å². The predicted octanol–water partition coefficient (Wildman–Crippen LogP) is 0.597. The number of rotatable bonds is 5. The van der Waals surface area contributed by atoms with Crippen LogP contribution in [0.5, 0.6) is 0 Å². The number of aliphatic carboxylic acids is 1. The maximum Gasteiger partial charge on any atom is 0.332 e. The second kappa shape index (κ2) is 6.36. The van der Waals surface area contributed by atoms with Gasteiger partial charge in [0.05, 0.1) is 0 Å². The minimum atomic E-state index is -1.47. The number of aliphatic hydroxyl groups is 1. The Morgan fingerprint density at radius 3 is 2.61 bits per heavy atom. The number of nitrogens with one attached hydrogen (secondary N) is 1. The summed E-state index contributed by atoms with van der Waals surface area (Å²) in [5, 5.41) is 20.0. The Hall–Kier alpha value is -1.60. The number of carboxylic acids is 1. The number of nitrogens with two attached hydrogens (primary N) is 1. The number of carbonyl (C=O) groups excluding carboxylic acids is 1. The molecule has 0 radical (unpaired) electrons. The van der Waals surface area contributed by atoms with Crippen molar-refractivity contribution in [3.05, 3.63) is 28.2 Å². The van der Waals surface area contributed by atoms with Crippen LogP contribution >= 0.6 is 15.9 Å². The molecule has 1 amide bonds. The molecule has 1 rings (SSSR count). The second-order valence-corrected chi connectivity index (χ2v) is 4.59. The topological polar surface area (TPSA) is 113 Å². The molecule has 5 N–H and O–H groups in total. The van der Waals surface area contributed by atoms with E-state index in [1.807, 2.05) is 0 Å². The first-order valence-electron chi connectivity index (χ1n) is 5.15. The number of nitrogen functional groups attached to an aromatic ring is 1. The number of halogens is 1. The fourth-order valence-corrected chi connectivity index (χ4v) is 1.80. The summed E-state index contributed by atoms with van der Waals surface area (Å²) in [6.45, 7) is 0.0682. The highest BCUT2D eigenvalue weighted by molar-refractivity contribution is 9.10. The van der Waals surface area contributed by atoms with Crippen LogP contribution < -0.4 is 11.1 Å². The lowest BCUT2D eigenvalue weighted by molar-refractivity contribution is -0.146. The Kier molecular flexibility index (Phi) is 5.11. The van der Waals surface area contributed by atoms with E-state index in [0.29, 0.717) is 15.7 Å². The average molecular weight is 317 g/mol. The van der Waals surface area contributed by atoms with Crippen molar-refractivity contribution in [3.63, 3.8) is 0 Å². The molecule has 1 atom stereocenters. The highest BCUT2D eigenvalue weighted by Gasteiger charge is 2.13. The van der Waals surface area contributed by atoms with Crippen LogP contribution in [0.1, 0.15) is 16.8 Å². The highest BCUT2D eigenvalue weighted by atomic mass is 79.9. The van der Waals surface area contributed by atoms with Gasteiger partial charge in [-0.3, -0.25) is 4.79 Å². The third kappa shape index (κ3) is 4.34. The minimum Gasteiger partial charge on any atom is -0.479 e. The molecule has 0 bridgehead atoms. The van der Waals surface area contributed by atoms with Crippen LogP contribution in [0.15, 0.2) is 22.7 Å². The first-order valence-corrected chi connectivity index (χ1v) is 5.94. The molecule has 0 aliphatic heterocycles. The molecular weight excluding hydrogens is 304 g/mol. The first-order chi connectivity index (χ1) is 8.40. The van der Waals surface area contributed by atoms with Gasteiger partial charge < -0.3 is 21.3 Å². The van der Waals surface area contributed by atoms with Gasteiger partial charge in [0.1, 0.15) is 0 Å². The summed E-state index contributed by atoms with van der Waals surface area (Å²) >= 11 is 3.21. The van der Waals surface area contributed by atoms with Crippen molar-refractivity contribution in [2.75, 3.05) is 12.3 Å². The zero-order valence-corrected chi connectivity index (χ0v) is 11.0. The van der Waals surface area contributed by atoms with E-state index in [4.69, 9.17) is 15.9 Å². The number of hydrogen-bond acceptors (Lipinski definition) is 4. The largest absolute Gasteiger partial charge is 0.479 e. The lowest BCUT2D eigenvalue weighted by Crippen LogP contribution is -2.30. The van der Waals surface area contributed by atoms with Crippen molar-refractivity contribution in [1.29, 1.82) is 0 Å². The van der Waals surface area contributed by atoms with Crippen molar-refractivity contribution in [3.8, 4) is 0 Å². The van der Waals surface area contributed by atoms with Crippen LogP contribution in [0.3, 0.4) is 0 Å². The van der Waals surface area contributed by atoms with E-state index in [-0.39, 0.29) is 18.9 Å². The molecule has 0 saturated carbocycles. The Morgan fingerprint density at radius 1 is 1.39 bits per heavy atom. The molecule has 0 heterocycles. The molecule has 0 spiro atoms. The Morgan fingerprint density at radius 2 is 2.06 bits per heavy atom. The minimum absolute atomic E-state index is 0.0510. The van der Waals surface area contributed by atoms with Gasteiger partial charge in [-0.1, -0.05) is 15.9 Å². The molecule has 98 valence electrons. The van der Waals surface area contributed by atoms with Crippen LogP contribution in [0.2, 0.25) is 0 Å². The number of hydrogen-bond donors (Lipinski definition) is 4. The highest BCUT2D eigenvalue weighted by Crippen LogP contribution is 2.17. The van der Waals surface area contributed by atoms with Crippen molar-refractivity contribution >= 4 is 33.5 Å².